The van der Waals surface area contributed by atoms with Crippen LogP contribution in [0, 0.1) is 0 Å². The average molecular weight is 500 g/mol. The molecule has 2 N–H and O–H groups in total. The van der Waals surface area contributed by atoms with Crippen molar-refractivity contribution in [1.82, 2.24) is 4.98 Å². The lowest BCUT2D eigenvalue weighted by molar-refractivity contribution is 0.104. The lowest BCUT2D eigenvalue weighted by atomic mass is 10.00. The molecule has 0 aliphatic carbocycles. The van der Waals surface area contributed by atoms with Crippen LogP contribution >= 0.6 is 0 Å². The van der Waals surface area contributed by atoms with Crippen LogP contribution in [0.5, 0.6) is 28.7 Å². The summed E-state index contributed by atoms with van der Waals surface area (Å²) >= 11 is 0. The van der Waals surface area contributed by atoms with Crippen LogP contribution in [-0.2, 0) is 6.42 Å². The smallest absolute Gasteiger partial charge is 0.203 e. The van der Waals surface area contributed by atoms with E-state index in [1.165, 1.54) is 13.2 Å². The molecule has 0 fully saturated rings. The minimum absolute atomic E-state index is 0.0266. The highest BCUT2D eigenvalue weighted by Gasteiger charge is 2.14. The minimum Gasteiger partial charge on any atom is -0.504 e. The Bertz CT molecular complexity index is 1460. The fraction of sp³-hybridized carbons (Fsp3) is 0.167. The first kappa shape index (κ1) is 25.4. The van der Waals surface area contributed by atoms with Gasteiger partial charge < -0.3 is 29.0 Å². The lowest BCUT2D eigenvalue weighted by Gasteiger charge is -2.13. The number of aromatic hydroxyl groups is 1. The van der Waals surface area contributed by atoms with Crippen molar-refractivity contribution in [2.45, 2.75) is 6.42 Å². The Balaban J connectivity index is 1.63. The number of aromatic nitrogens is 1. The van der Waals surface area contributed by atoms with Crippen molar-refractivity contribution in [2.75, 3.05) is 28.4 Å². The number of nitrogens with one attached hydrogen (secondary N) is 1. The monoisotopic (exact) mass is 499 g/mol. The summed E-state index contributed by atoms with van der Waals surface area (Å²) in [6.45, 7) is 0. The first-order chi connectivity index (χ1) is 18.0. The Morgan fingerprint density at radius 3 is 2.27 bits per heavy atom. The zero-order chi connectivity index (χ0) is 26.4. The number of ether oxygens (including phenoxy) is 4. The number of hydrogen-bond donors (Lipinski definition) is 2. The van der Waals surface area contributed by atoms with Gasteiger partial charge in [0.15, 0.2) is 28.8 Å². The van der Waals surface area contributed by atoms with E-state index in [4.69, 9.17) is 18.9 Å². The van der Waals surface area contributed by atoms with E-state index in [1.54, 1.807) is 39.7 Å². The predicted molar refractivity (Wildman–Crippen MR) is 145 cm³/mol. The lowest BCUT2D eigenvalue weighted by Crippen LogP contribution is -1.96. The van der Waals surface area contributed by atoms with E-state index in [-0.39, 0.29) is 11.5 Å². The van der Waals surface area contributed by atoms with Gasteiger partial charge in [-0.2, -0.15) is 0 Å². The highest BCUT2D eigenvalue weighted by molar-refractivity contribution is 6.13. The summed E-state index contributed by atoms with van der Waals surface area (Å²) in [5.41, 5.74) is 3.73. The van der Waals surface area contributed by atoms with Gasteiger partial charge in [0.05, 0.1) is 28.4 Å². The molecule has 0 aliphatic heterocycles. The number of carbonyl (C=O) groups is 1. The number of H-pyrrole nitrogens is 1. The normalized spacial score (nSPS) is 11.4. The second-order valence-electron chi connectivity index (χ2n) is 8.19. The zero-order valence-electron chi connectivity index (χ0n) is 21.2. The summed E-state index contributed by atoms with van der Waals surface area (Å²) in [4.78, 5) is 16.0. The van der Waals surface area contributed by atoms with Gasteiger partial charge in [-0.1, -0.05) is 42.5 Å². The van der Waals surface area contributed by atoms with Crippen molar-refractivity contribution >= 4 is 28.8 Å². The number of methoxy groups -OCH3 is 4. The summed E-state index contributed by atoms with van der Waals surface area (Å²) in [5, 5.41) is 11.7. The van der Waals surface area contributed by atoms with Crippen LogP contribution in [0.15, 0.2) is 66.9 Å². The van der Waals surface area contributed by atoms with E-state index >= 15 is 0 Å². The number of aromatic amines is 1. The van der Waals surface area contributed by atoms with Crippen LogP contribution in [0.25, 0.3) is 23.1 Å². The Morgan fingerprint density at radius 2 is 1.59 bits per heavy atom. The average Bonchev–Trinajstić information content (AvgIpc) is 3.36. The summed E-state index contributed by atoms with van der Waals surface area (Å²) in [5.74, 6) is 1.86. The molecule has 0 spiro atoms. The molecule has 0 amide bonds. The van der Waals surface area contributed by atoms with Crippen molar-refractivity contribution in [3.63, 3.8) is 0 Å². The standard InChI is InChI=1S/C30H29NO6/c1-34-26-15-14-20(13-12-19-16-27(35-2)30(37-4)28(17-19)36-3)21(29(26)33)9-7-11-25(32)23-18-31-24-10-6-5-8-22(23)24/h5-8,10-18,31,33H,9H2,1-4H3/b11-7-,13-12-. The van der Waals surface area contributed by atoms with E-state index in [9.17, 15) is 9.90 Å². The number of fused-ring (bicyclic) bond motifs is 1. The van der Waals surface area contributed by atoms with Gasteiger partial charge in [0, 0.05) is 28.2 Å². The number of benzene rings is 3. The first-order valence-electron chi connectivity index (χ1n) is 11.6. The van der Waals surface area contributed by atoms with Crippen molar-refractivity contribution < 1.29 is 28.8 Å². The van der Waals surface area contributed by atoms with Crippen LogP contribution in [0.1, 0.15) is 27.0 Å². The van der Waals surface area contributed by atoms with Crippen LogP contribution in [0.2, 0.25) is 0 Å². The number of phenols is 1. The van der Waals surface area contributed by atoms with Gasteiger partial charge in [-0.25, -0.2) is 0 Å². The van der Waals surface area contributed by atoms with Crippen LogP contribution in [-0.4, -0.2) is 44.3 Å². The second-order valence-corrected chi connectivity index (χ2v) is 8.19. The van der Waals surface area contributed by atoms with Crippen molar-refractivity contribution in [3.05, 3.63) is 89.1 Å². The predicted octanol–water partition coefficient (Wildman–Crippen LogP) is 6.06. The van der Waals surface area contributed by atoms with Crippen molar-refractivity contribution in [2.24, 2.45) is 0 Å². The summed E-state index contributed by atoms with van der Waals surface area (Å²) < 4.78 is 21.6. The number of phenolic OH excluding ortho intramolecular Hbond substituents is 1. The SMILES string of the molecule is COc1ccc(/C=C\c2cc(OC)c(OC)c(OC)c2)c(C/C=C\C(=O)c2c[nH]c3ccccc23)c1O. The van der Waals surface area contributed by atoms with Crippen molar-refractivity contribution in [3.8, 4) is 28.7 Å². The molecule has 0 bridgehead atoms. The molecule has 37 heavy (non-hydrogen) atoms. The van der Waals surface area contributed by atoms with E-state index in [1.807, 2.05) is 54.6 Å². The molecular weight excluding hydrogens is 470 g/mol. The summed E-state index contributed by atoms with van der Waals surface area (Å²) in [7, 11) is 6.18. The van der Waals surface area contributed by atoms with Gasteiger partial charge in [0.1, 0.15) is 0 Å². The number of hydrogen-bond acceptors (Lipinski definition) is 6. The molecule has 1 heterocycles. The molecule has 0 saturated carbocycles. The molecule has 0 unspecified atom stereocenters. The van der Waals surface area contributed by atoms with E-state index in [2.05, 4.69) is 4.98 Å². The molecule has 0 atom stereocenters. The molecule has 7 heteroatoms. The Morgan fingerprint density at radius 1 is 0.892 bits per heavy atom. The van der Waals surface area contributed by atoms with Crippen LogP contribution in [0.3, 0.4) is 0 Å². The maximum Gasteiger partial charge on any atom is 0.203 e. The van der Waals surface area contributed by atoms with Gasteiger partial charge in [-0.05, 0) is 47.9 Å². The summed E-state index contributed by atoms with van der Waals surface area (Å²) in [6, 6.07) is 14.9. The van der Waals surface area contributed by atoms with Gasteiger partial charge in [0.25, 0.3) is 0 Å². The highest BCUT2D eigenvalue weighted by atomic mass is 16.5. The third kappa shape index (κ3) is 5.30. The number of para-hydroxylation sites is 1. The van der Waals surface area contributed by atoms with Crippen molar-refractivity contribution in [1.29, 1.82) is 0 Å². The Hall–Kier alpha value is -4.65. The number of ketones is 1. The van der Waals surface area contributed by atoms with Crippen LogP contribution in [0.4, 0.5) is 0 Å². The number of rotatable bonds is 10. The van der Waals surface area contributed by atoms with Gasteiger partial charge in [-0.3, -0.25) is 4.79 Å². The number of allylic oxidation sites excluding steroid dienone is 2. The molecule has 0 aliphatic rings. The number of carbonyl (C=O) groups excluding carboxylic acids is 1. The molecule has 1 aromatic heterocycles. The molecular formula is C30H29NO6. The van der Waals surface area contributed by atoms with Gasteiger partial charge in [-0.15, -0.1) is 0 Å². The topological polar surface area (TPSA) is 90.0 Å². The maximum absolute atomic E-state index is 12.8. The largest absolute Gasteiger partial charge is 0.504 e. The quantitative estimate of drug-likeness (QED) is 0.157. The van der Waals surface area contributed by atoms with Gasteiger partial charge in [0.2, 0.25) is 5.75 Å². The molecule has 4 aromatic rings. The second kappa shape index (κ2) is 11.4. The molecule has 4 rings (SSSR count). The Labute approximate surface area is 215 Å². The molecule has 3 aromatic carbocycles. The molecule has 7 nitrogen and oxygen atoms in total. The Kier molecular flexibility index (Phi) is 7.83. The highest BCUT2D eigenvalue weighted by Crippen LogP contribution is 2.39. The maximum atomic E-state index is 12.8. The minimum atomic E-state index is -0.116. The fourth-order valence-electron chi connectivity index (χ4n) is 4.20. The third-order valence-electron chi connectivity index (χ3n) is 6.09. The fourth-order valence-corrected chi connectivity index (χ4v) is 4.20. The van der Waals surface area contributed by atoms with Crippen LogP contribution < -0.4 is 18.9 Å². The van der Waals surface area contributed by atoms with E-state index in [0.29, 0.717) is 40.5 Å². The molecule has 190 valence electrons. The molecule has 0 radical (unpaired) electrons. The van der Waals surface area contributed by atoms with E-state index in [0.717, 1.165) is 22.0 Å². The first-order valence-corrected chi connectivity index (χ1v) is 11.6. The third-order valence-corrected chi connectivity index (χ3v) is 6.09. The van der Waals surface area contributed by atoms with E-state index < -0.39 is 0 Å². The zero-order valence-corrected chi connectivity index (χ0v) is 21.2. The van der Waals surface area contributed by atoms with Gasteiger partial charge >= 0.3 is 0 Å². The molecule has 0 saturated heterocycles. The summed E-state index contributed by atoms with van der Waals surface area (Å²) in [6.07, 6.45) is 9.08.